The first-order chi connectivity index (χ1) is 12.2. The van der Waals surface area contributed by atoms with Gasteiger partial charge in [-0.15, -0.1) is 0 Å². The van der Waals surface area contributed by atoms with E-state index in [1.54, 1.807) is 16.8 Å². The largest absolute Gasteiger partial charge is 0.454 e. The Hall–Kier alpha value is -2.28. The van der Waals surface area contributed by atoms with Gasteiger partial charge in [-0.2, -0.15) is 0 Å². The van der Waals surface area contributed by atoms with E-state index in [9.17, 15) is 9.59 Å². The van der Waals surface area contributed by atoms with Gasteiger partial charge in [-0.3, -0.25) is 14.5 Å². The Morgan fingerprint density at radius 3 is 2.50 bits per heavy atom. The van der Waals surface area contributed by atoms with Crippen molar-refractivity contribution in [1.82, 2.24) is 15.1 Å². The zero-order valence-electron chi connectivity index (χ0n) is 16.3. The fourth-order valence-corrected chi connectivity index (χ4v) is 2.73. The quantitative estimate of drug-likeness (QED) is 0.797. The molecule has 7 nitrogen and oxygen atoms in total. The van der Waals surface area contributed by atoms with Crippen molar-refractivity contribution in [3.8, 4) is 11.5 Å². The van der Waals surface area contributed by atoms with Gasteiger partial charge >= 0.3 is 0 Å². The third-order valence-electron chi connectivity index (χ3n) is 3.88. The number of nitrogens with one attached hydrogen (secondary N) is 1. The van der Waals surface area contributed by atoms with Crippen molar-refractivity contribution in [2.45, 2.75) is 39.8 Å². The van der Waals surface area contributed by atoms with Crippen molar-refractivity contribution in [3.63, 3.8) is 0 Å². The SMILES string of the molecule is CCN(Cc1ccc2c(c1)OCO2)C(=O)CN(C)CC(=O)NC(C)(C)C. The van der Waals surface area contributed by atoms with Crippen LogP contribution in [0, 0.1) is 0 Å². The maximum Gasteiger partial charge on any atom is 0.237 e. The number of nitrogens with zero attached hydrogens (tertiary/aromatic N) is 2. The van der Waals surface area contributed by atoms with Crippen LogP contribution >= 0.6 is 0 Å². The minimum Gasteiger partial charge on any atom is -0.454 e. The molecule has 7 heteroatoms. The summed E-state index contributed by atoms with van der Waals surface area (Å²) in [6, 6.07) is 5.70. The molecule has 0 radical (unpaired) electrons. The van der Waals surface area contributed by atoms with Crippen molar-refractivity contribution in [1.29, 1.82) is 0 Å². The number of carbonyl (C=O) groups is 2. The number of fused-ring (bicyclic) bond motifs is 1. The summed E-state index contributed by atoms with van der Waals surface area (Å²) in [5.41, 5.74) is 0.703. The van der Waals surface area contributed by atoms with Crippen LogP contribution in [0.4, 0.5) is 0 Å². The van der Waals surface area contributed by atoms with E-state index in [1.807, 2.05) is 45.9 Å². The van der Waals surface area contributed by atoms with Gasteiger partial charge in [0.1, 0.15) is 0 Å². The number of ether oxygens (including phenoxy) is 2. The predicted octanol–water partition coefficient (Wildman–Crippen LogP) is 1.61. The summed E-state index contributed by atoms with van der Waals surface area (Å²) in [5.74, 6) is 1.33. The molecule has 0 atom stereocenters. The minimum absolute atomic E-state index is 0.0174. The molecule has 0 unspecified atom stereocenters. The summed E-state index contributed by atoms with van der Waals surface area (Å²) in [6.07, 6.45) is 0. The molecule has 2 rings (SSSR count). The number of hydrogen-bond donors (Lipinski definition) is 1. The molecule has 0 aliphatic carbocycles. The Labute approximate surface area is 155 Å². The summed E-state index contributed by atoms with van der Waals surface area (Å²) < 4.78 is 10.7. The molecule has 0 saturated carbocycles. The topological polar surface area (TPSA) is 71.1 Å². The molecule has 1 aromatic carbocycles. The van der Waals surface area contributed by atoms with Crippen LogP contribution < -0.4 is 14.8 Å². The molecule has 0 aromatic heterocycles. The summed E-state index contributed by atoms with van der Waals surface area (Å²) in [4.78, 5) is 28.1. The summed E-state index contributed by atoms with van der Waals surface area (Å²) >= 11 is 0. The maximum absolute atomic E-state index is 12.6. The van der Waals surface area contributed by atoms with E-state index in [0.717, 1.165) is 11.3 Å². The molecule has 144 valence electrons. The van der Waals surface area contributed by atoms with Crippen LogP contribution in [0.25, 0.3) is 0 Å². The van der Waals surface area contributed by atoms with E-state index < -0.39 is 0 Å². The normalized spacial score (nSPS) is 13.0. The molecule has 0 fully saturated rings. The van der Waals surface area contributed by atoms with Crippen molar-refractivity contribution in [2.75, 3.05) is 33.5 Å². The molecular formula is C19H29N3O4. The third-order valence-corrected chi connectivity index (χ3v) is 3.88. The molecule has 2 amide bonds. The Balaban J connectivity index is 1.88. The number of carbonyl (C=O) groups excluding carboxylic acids is 2. The molecule has 1 aliphatic rings. The van der Waals surface area contributed by atoms with Gasteiger partial charge in [0.25, 0.3) is 0 Å². The number of amides is 2. The molecule has 1 heterocycles. The van der Waals surface area contributed by atoms with Crippen LogP contribution in [0.5, 0.6) is 11.5 Å². The van der Waals surface area contributed by atoms with Crippen molar-refractivity contribution in [2.24, 2.45) is 0 Å². The van der Waals surface area contributed by atoms with Crippen molar-refractivity contribution < 1.29 is 19.1 Å². The fourth-order valence-electron chi connectivity index (χ4n) is 2.73. The second-order valence-corrected chi connectivity index (χ2v) is 7.57. The van der Waals surface area contributed by atoms with Crippen LogP contribution in [0.3, 0.4) is 0 Å². The zero-order valence-corrected chi connectivity index (χ0v) is 16.3. The first-order valence-electron chi connectivity index (χ1n) is 8.84. The van der Waals surface area contributed by atoms with Gasteiger partial charge in [-0.1, -0.05) is 6.07 Å². The summed E-state index contributed by atoms with van der Waals surface area (Å²) in [5, 5.41) is 2.90. The first-order valence-corrected chi connectivity index (χ1v) is 8.84. The van der Waals surface area contributed by atoms with Crippen molar-refractivity contribution in [3.05, 3.63) is 23.8 Å². The molecule has 0 saturated heterocycles. The number of hydrogen-bond acceptors (Lipinski definition) is 5. The highest BCUT2D eigenvalue weighted by Gasteiger charge is 2.20. The van der Waals surface area contributed by atoms with E-state index in [2.05, 4.69) is 5.32 Å². The average molecular weight is 363 g/mol. The van der Waals surface area contributed by atoms with Gasteiger partial charge in [0.05, 0.1) is 13.1 Å². The van der Waals surface area contributed by atoms with Crippen LogP contribution in [-0.2, 0) is 16.1 Å². The lowest BCUT2D eigenvalue weighted by molar-refractivity contribution is -0.133. The van der Waals surface area contributed by atoms with Gasteiger partial charge in [0.15, 0.2) is 11.5 Å². The minimum atomic E-state index is -0.281. The molecule has 1 aromatic rings. The molecular weight excluding hydrogens is 334 g/mol. The first kappa shape index (κ1) is 20.0. The second kappa shape index (κ2) is 8.40. The molecule has 0 bridgehead atoms. The Bertz CT molecular complexity index is 655. The van der Waals surface area contributed by atoms with Gasteiger partial charge in [0, 0.05) is 18.6 Å². The average Bonchev–Trinajstić information content (AvgIpc) is 2.97. The van der Waals surface area contributed by atoms with Crippen LogP contribution in [0.2, 0.25) is 0 Å². The Kier molecular flexibility index (Phi) is 6.47. The van der Waals surface area contributed by atoms with E-state index in [1.165, 1.54) is 0 Å². The summed E-state index contributed by atoms with van der Waals surface area (Å²) in [7, 11) is 1.77. The van der Waals surface area contributed by atoms with Crippen LogP contribution in [0.15, 0.2) is 18.2 Å². The number of benzene rings is 1. The monoisotopic (exact) mass is 363 g/mol. The van der Waals surface area contributed by atoms with Gasteiger partial charge in [-0.05, 0) is 52.4 Å². The van der Waals surface area contributed by atoms with Gasteiger partial charge in [-0.25, -0.2) is 0 Å². The maximum atomic E-state index is 12.6. The van der Waals surface area contributed by atoms with E-state index >= 15 is 0 Å². The number of rotatable bonds is 7. The van der Waals surface area contributed by atoms with E-state index in [-0.39, 0.29) is 37.2 Å². The standard InChI is InChI=1S/C19H29N3O4/c1-6-22(10-14-7-8-15-16(9-14)26-13-25-15)18(24)12-21(5)11-17(23)20-19(2,3)4/h7-9H,6,10-13H2,1-5H3,(H,20,23). The Morgan fingerprint density at radius 1 is 1.15 bits per heavy atom. The lowest BCUT2D eigenvalue weighted by Gasteiger charge is -2.26. The smallest absolute Gasteiger partial charge is 0.237 e. The molecule has 0 spiro atoms. The van der Waals surface area contributed by atoms with Crippen molar-refractivity contribution >= 4 is 11.8 Å². The third kappa shape index (κ3) is 5.91. The Morgan fingerprint density at radius 2 is 1.85 bits per heavy atom. The van der Waals surface area contributed by atoms with E-state index in [0.29, 0.717) is 18.8 Å². The highest BCUT2D eigenvalue weighted by atomic mass is 16.7. The highest BCUT2D eigenvalue weighted by Crippen LogP contribution is 2.32. The second-order valence-electron chi connectivity index (χ2n) is 7.57. The van der Waals surface area contributed by atoms with Gasteiger partial charge < -0.3 is 19.7 Å². The lowest BCUT2D eigenvalue weighted by Crippen LogP contribution is -2.47. The van der Waals surface area contributed by atoms with Crippen LogP contribution in [0.1, 0.15) is 33.3 Å². The molecule has 1 aliphatic heterocycles. The predicted molar refractivity (Wildman–Crippen MR) is 99.0 cm³/mol. The summed E-state index contributed by atoms with van der Waals surface area (Å²) in [6.45, 7) is 9.43. The zero-order chi connectivity index (χ0) is 19.3. The van der Waals surface area contributed by atoms with Crippen LogP contribution in [-0.4, -0.2) is 60.6 Å². The highest BCUT2D eigenvalue weighted by molar-refractivity contribution is 5.81. The fraction of sp³-hybridized carbons (Fsp3) is 0.579. The van der Waals surface area contributed by atoms with Gasteiger partial charge in [0.2, 0.25) is 18.6 Å². The van der Waals surface area contributed by atoms with E-state index in [4.69, 9.17) is 9.47 Å². The molecule has 1 N–H and O–H groups in total. The number of likely N-dealkylation sites (N-methyl/N-ethyl adjacent to an activating group) is 2. The molecule has 26 heavy (non-hydrogen) atoms. The lowest BCUT2D eigenvalue weighted by atomic mass is 10.1.